The van der Waals surface area contributed by atoms with Crippen molar-refractivity contribution in [1.29, 1.82) is 0 Å². The number of aromatic nitrogens is 2. The van der Waals surface area contributed by atoms with Crippen LogP contribution in [0, 0.1) is 5.92 Å². The first-order valence-corrected chi connectivity index (χ1v) is 9.64. The number of nitrogens with one attached hydrogen (secondary N) is 2. The molecule has 2 fully saturated rings. The average molecular weight is 360 g/mol. The molecule has 2 saturated heterocycles. The number of hydrogen-bond acceptors (Lipinski definition) is 7. The lowest BCUT2D eigenvalue weighted by Gasteiger charge is -2.36. The number of carbonyl (C=O) groups is 1. The van der Waals surface area contributed by atoms with Gasteiger partial charge < -0.3 is 14.5 Å². The number of carbonyl (C=O) groups excluding carboxylic acids is 1. The van der Waals surface area contributed by atoms with Gasteiger partial charge in [0, 0.05) is 50.4 Å². The molecule has 0 spiro atoms. The predicted octanol–water partition coefficient (Wildman–Crippen LogP) is 0.0890. The molecule has 4 rings (SSSR count). The van der Waals surface area contributed by atoms with Crippen LogP contribution in [0.2, 0.25) is 0 Å². The Hall–Kier alpha value is -1.77. The van der Waals surface area contributed by atoms with Crippen molar-refractivity contribution in [2.24, 2.45) is 5.92 Å². The fourth-order valence-corrected chi connectivity index (χ4v) is 4.05. The Kier molecular flexibility index (Phi) is 5.06. The van der Waals surface area contributed by atoms with E-state index in [4.69, 9.17) is 9.72 Å². The highest BCUT2D eigenvalue weighted by atomic mass is 16.5. The summed E-state index contributed by atoms with van der Waals surface area (Å²) in [6.45, 7) is 8.59. The highest BCUT2D eigenvalue weighted by Gasteiger charge is 2.38. The van der Waals surface area contributed by atoms with E-state index in [2.05, 4.69) is 34.6 Å². The van der Waals surface area contributed by atoms with Crippen LogP contribution < -0.4 is 15.8 Å². The molecule has 3 atom stereocenters. The number of hydrazine groups is 1. The summed E-state index contributed by atoms with van der Waals surface area (Å²) in [6.07, 6.45) is 3.75. The number of fused-ring (bicyclic) bond motifs is 1. The van der Waals surface area contributed by atoms with Gasteiger partial charge in [-0.25, -0.2) is 15.4 Å². The Labute approximate surface area is 154 Å². The Balaban J connectivity index is 1.36. The minimum Gasteiger partial charge on any atom is -0.376 e. The molecule has 8 heteroatoms. The lowest BCUT2D eigenvalue weighted by molar-refractivity contribution is -0.134. The zero-order valence-corrected chi connectivity index (χ0v) is 15.6. The maximum atomic E-state index is 12.9. The Bertz CT molecular complexity index is 661. The lowest BCUT2D eigenvalue weighted by Crippen LogP contribution is -2.55. The molecule has 2 N–H and O–H groups in total. The van der Waals surface area contributed by atoms with Gasteiger partial charge in [0.25, 0.3) is 0 Å². The smallest absolute Gasteiger partial charge is 0.241 e. The molecule has 4 heterocycles. The van der Waals surface area contributed by atoms with E-state index in [1.54, 1.807) is 0 Å². The second-order valence-corrected chi connectivity index (χ2v) is 7.40. The summed E-state index contributed by atoms with van der Waals surface area (Å²) >= 11 is 0. The molecule has 0 bridgehead atoms. The molecule has 3 aliphatic rings. The van der Waals surface area contributed by atoms with E-state index >= 15 is 0 Å². The Morgan fingerprint density at radius 2 is 2.12 bits per heavy atom. The summed E-state index contributed by atoms with van der Waals surface area (Å²) in [6, 6.07) is 0.226. The van der Waals surface area contributed by atoms with Crippen LogP contribution in [0.1, 0.15) is 31.5 Å². The van der Waals surface area contributed by atoms with Crippen LogP contribution in [0.3, 0.4) is 0 Å². The number of ether oxygens (including phenoxy) is 1. The van der Waals surface area contributed by atoms with E-state index in [9.17, 15) is 4.79 Å². The van der Waals surface area contributed by atoms with E-state index in [0.717, 1.165) is 49.7 Å². The number of nitrogens with zero attached hydrogens (tertiary/aromatic N) is 4. The van der Waals surface area contributed by atoms with Crippen molar-refractivity contribution in [2.45, 2.75) is 45.4 Å². The molecule has 3 aliphatic heterocycles. The summed E-state index contributed by atoms with van der Waals surface area (Å²) in [7, 11) is 0. The van der Waals surface area contributed by atoms with Crippen LogP contribution in [0.5, 0.6) is 0 Å². The summed E-state index contributed by atoms with van der Waals surface area (Å²) in [4.78, 5) is 26.2. The molecule has 0 aliphatic carbocycles. The van der Waals surface area contributed by atoms with Crippen molar-refractivity contribution >= 4 is 11.9 Å². The van der Waals surface area contributed by atoms with Crippen molar-refractivity contribution in [2.75, 3.05) is 37.7 Å². The molecule has 0 aromatic carbocycles. The molecule has 8 nitrogen and oxygen atoms in total. The van der Waals surface area contributed by atoms with Gasteiger partial charge in [-0.15, -0.1) is 0 Å². The fourth-order valence-electron chi connectivity index (χ4n) is 4.05. The third-order valence-electron chi connectivity index (χ3n) is 5.85. The van der Waals surface area contributed by atoms with Crippen LogP contribution in [0.25, 0.3) is 0 Å². The van der Waals surface area contributed by atoms with Crippen molar-refractivity contribution in [3.8, 4) is 0 Å². The summed E-state index contributed by atoms with van der Waals surface area (Å²) in [5, 5.41) is 0. The second kappa shape index (κ2) is 7.46. The summed E-state index contributed by atoms with van der Waals surface area (Å²) in [5.74, 6) is 1.28. The quantitative estimate of drug-likeness (QED) is 0.790. The van der Waals surface area contributed by atoms with Gasteiger partial charge in [0.1, 0.15) is 6.04 Å². The molecule has 1 aromatic heterocycles. The molecular formula is C18H28N6O2. The molecule has 142 valence electrons. The third-order valence-corrected chi connectivity index (χ3v) is 5.85. The van der Waals surface area contributed by atoms with Crippen LogP contribution >= 0.6 is 0 Å². The monoisotopic (exact) mass is 360 g/mol. The first-order chi connectivity index (χ1) is 12.7. The van der Waals surface area contributed by atoms with Crippen molar-refractivity contribution < 1.29 is 9.53 Å². The Morgan fingerprint density at radius 1 is 1.31 bits per heavy atom. The van der Waals surface area contributed by atoms with Gasteiger partial charge in [-0.2, -0.15) is 0 Å². The zero-order chi connectivity index (χ0) is 18.1. The van der Waals surface area contributed by atoms with Crippen LogP contribution in [-0.4, -0.2) is 65.6 Å². The van der Waals surface area contributed by atoms with Gasteiger partial charge in [0.05, 0.1) is 18.9 Å². The van der Waals surface area contributed by atoms with Gasteiger partial charge >= 0.3 is 0 Å². The molecule has 26 heavy (non-hydrogen) atoms. The normalized spacial score (nSPS) is 28.9. The van der Waals surface area contributed by atoms with E-state index < -0.39 is 0 Å². The molecule has 0 radical (unpaired) electrons. The van der Waals surface area contributed by atoms with Gasteiger partial charge in [0.2, 0.25) is 11.9 Å². The van der Waals surface area contributed by atoms with E-state index in [1.165, 1.54) is 0 Å². The van der Waals surface area contributed by atoms with Crippen molar-refractivity contribution in [3.63, 3.8) is 0 Å². The number of rotatable bonds is 3. The predicted molar refractivity (Wildman–Crippen MR) is 97.5 cm³/mol. The van der Waals surface area contributed by atoms with E-state index in [1.807, 2.05) is 11.1 Å². The highest BCUT2D eigenvalue weighted by molar-refractivity contribution is 5.82. The first-order valence-electron chi connectivity index (χ1n) is 9.64. The highest BCUT2D eigenvalue weighted by Crippen LogP contribution is 2.21. The summed E-state index contributed by atoms with van der Waals surface area (Å²) < 4.78 is 5.45. The molecule has 3 unspecified atom stereocenters. The zero-order valence-electron chi connectivity index (χ0n) is 15.6. The maximum Gasteiger partial charge on any atom is 0.241 e. The maximum absolute atomic E-state index is 12.9. The van der Waals surface area contributed by atoms with Crippen molar-refractivity contribution in [3.05, 3.63) is 17.5 Å². The lowest BCUT2D eigenvalue weighted by atomic mass is 9.94. The molecular weight excluding hydrogens is 332 g/mol. The molecule has 1 aromatic rings. The number of hydrogen-bond donors (Lipinski definition) is 2. The van der Waals surface area contributed by atoms with E-state index in [0.29, 0.717) is 31.7 Å². The van der Waals surface area contributed by atoms with Crippen LogP contribution in [0.15, 0.2) is 6.20 Å². The van der Waals surface area contributed by atoms with E-state index in [-0.39, 0.29) is 11.9 Å². The largest absolute Gasteiger partial charge is 0.376 e. The second-order valence-electron chi connectivity index (χ2n) is 7.40. The summed E-state index contributed by atoms with van der Waals surface area (Å²) in [5.41, 5.74) is 8.63. The standard InChI is InChI=1S/C18H28N6O2/c1-3-14-12(2)16(22-21-14)17(25)23-5-7-24(8-6-23)18-19-10-13-11-26-9-4-15(13)20-18/h10,12,14,16,21-22H,3-9,11H2,1-2H3. The fraction of sp³-hybridized carbons (Fsp3) is 0.722. The average Bonchev–Trinajstić information content (AvgIpc) is 3.07. The number of amides is 1. The number of piperazine rings is 1. The topological polar surface area (TPSA) is 82.6 Å². The first kappa shape index (κ1) is 17.6. The SMILES string of the molecule is CCC1NNC(C(=O)N2CCN(c3ncc4c(n3)CCOC4)CC2)C1C. The minimum absolute atomic E-state index is 0.133. The van der Waals surface area contributed by atoms with Crippen LogP contribution in [-0.2, 0) is 22.6 Å². The number of anilines is 1. The molecule has 1 amide bonds. The van der Waals surface area contributed by atoms with Gasteiger partial charge in [0.15, 0.2) is 0 Å². The van der Waals surface area contributed by atoms with Gasteiger partial charge in [-0.05, 0) is 12.3 Å². The molecule has 0 saturated carbocycles. The minimum atomic E-state index is -0.133. The van der Waals surface area contributed by atoms with Gasteiger partial charge in [-0.1, -0.05) is 13.8 Å². The Morgan fingerprint density at radius 3 is 2.85 bits per heavy atom. The van der Waals surface area contributed by atoms with Crippen molar-refractivity contribution in [1.82, 2.24) is 25.7 Å². The van der Waals surface area contributed by atoms with Crippen LogP contribution in [0.4, 0.5) is 5.95 Å². The third kappa shape index (κ3) is 3.28. The van der Waals surface area contributed by atoms with Gasteiger partial charge in [-0.3, -0.25) is 10.2 Å².